The van der Waals surface area contributed by atoms with Gasteiger partial charge in [-0.05, 0) is 135 Å². The Hall–Kier alpha value is -7.16. The van der Waals surface area contributed by atoms with Gasteiger partial charge in [-0.15, -0.1) is 0 Å². The molecule has 0 radical (unpaired) electrons. The SMILES string of the molecule is Cc1c2ccc(N(c3cccc4c3CCC=C4)c3cccc4ccccc34)cc2c(C)c2cc(N(c3cccc4ccccc34)c3cccc4ccccc34)ccc12. The smallest absolute Gasteiger partial charge is 0.0540 e. The quantitative estimate of drug-likeness (QED) is 0.157. The molecule has 0 amide bonds. The van der Waals surface area contributed by atoms with Gasteiger partial charge in [-0.3, -0.25) is 0 Å². The second kappa shape index (κ2) is 13.8. The highest BCUT2D eigenvalue weighted by molar-refractivity contribution is 6.10. The van der Waals surface area contributed by atoms with Crippen molar-refractivity contribution in [2.24, 2.45) is 0 Å². The van der Waals surface area contributed by atoms with Gasteiger partial charge < -0.3 is 9.80 Å². The predicted octanol–water partition coefficient (Wildman–Crippen LogP) is 16.0. The lowest BCUT2D eigenvalue weighted by molar-refractivity contribution is 0.980. The normalized spacial score (nSPS) is 12.4. The zero-order valence-electron chi connectivity index (χ0n) is 32.8. The van der Waals surface area contributed by atoms with E-state index in [-0.39, 0.29) is 0 Å². The molecule has 2 heteroatoms. The standard InChI is InChI=1S/C56H42N2/c1-37-45-33-31-43(57(53-27-11-19-39-15-3-7-23-47(39)53)54-28-12-20-40-16-4-8-24-48(40)54)35-51(45)38(2)52-36-44(32-34-46(37)52)58(55-29-13-21-41-17-5-9-25-49(41)55)56-30-14-22-42-18-6-10-26-50(42)56/h3-9,11-25,27-36H,10,26H2,1-2H3. The first kappa shape index (κ1) is 34.1. The summed E-state index contributed by atoms with van der Waals surface area (Å²) in [6, 6.07) is 67.2. The summed E-state index contributed by atoms with van der Waals surface area (Å²) in [6.45, 7) is 4.61. The first-order valence-electron chi connectivity index (χ1n) is 20.4. The minimum atomic E-state index is 1.02. The first-order valence-corrected chi connectivity index (χ1v) is 20.4. The van der Waals surface area contributed by atoms with Gasteiger partial charge in [0.1, 0.15) is 0 Å². The molecule has 1 aliphatic carbocycles. The van der Waals surface area contributed by atoms with Crippen molar-refractivity contribution in [3.05, 3.63) is 210 Å². The third kappa shape index (κ3) is 5.48. The van der Waals surface area contributed by atoms with Crippen LogP contribution in [0.1, 0.15) is 28.7 Å². The van der Waals surface area contributed by atoms with Gasteiger partial charge in [0.2, 0.25) is 0 Å². The van der Waals surface area contributed by atoms with Gasteiger partial charge in [0.15, 0.2) is 0 Å². The number of hydrogen-bond donors (Lipinski definition) is 0. The van der Waals surface area contributed by atoms with Crippen molar-refractivity contribution in [2.45, 2.75) is 26.7 Å². The minimum absolute atomic E-state index is 1.02. The van der Waals surface area contributed by atoms with E-state index in [1.807, 2.05) is 0 Å². The van der Waals surface area contributed by atoms with Crippen molar-refractivity contribution in [2.75, 3.05) is 9.80 Å². The summed E-state index contributed by atoms with van der Waals surface area (Å²) in [7, 11) is 0. The Kier molecular flexibility index (Phi) is 8.11. The van der Waals surface area contributed by atoms with Gasteiger partial charge in [0, 0.05) is 33.2 Å². The third-order valence-corrected chi connectivity index (χ3v) is 12.4. The molecule has 0 saturated heterocycles. The van der Waals surface area contributed by atoms with Crippen molar-refractivity contribution in [1.29, 1.82) is 0 Å². The Morgan fingerprint density at radius 2 is 0.776 bits per heavy atom. The van der Waals surface area contributed by atoms with Crippen LogP contribution in [0.2, 0.25) is 0 Å². The van der Waals surface area contributed by atoms with Gasteiger partial charge in [0.05, 0.1) is 17.1 Å². The zero-order valence-corrected chi connectivity index (χ0v) is 32.8. The van der Waals surface area contributed by atoms with E-state index in [9.17, 15) is 0 Å². The maximum Gasteiger partial charge on any atom is 0.0540 e. The highest BCUT2D eigenvalue weighted by Gasteiger charge is 2.23. The maximum absolute atomic E-state index is 2.51. The van der Waals surface area contributed by atoms with Crippen molar-refractivity contribution in [3.8, 4) is 0 Å². The average molecular weight is 743 g/mol. The summed E-state index contributed by atoms with van der Waals surface area (Å²) in [5, 5.41) is 12.5. The van der Waals surface area contributed by atoms with Crippen molar-refractivity contribution in [3.63, 3.8) is 0 Å². The molecule has 10 aromatic rings. The number of anilines is 6. The van der Waals surface area contributed by atoms with Crippen LogP contribution in [-0.2, 0) is 6.42 Å². The van der Waals surface area contributed by atoms with Gasteiger partial charge in [-0.2, -0.15) is 0 Å². The fraction of sp³-hybridized carbons (Fsp3) is 0.0714. The van der Waals surface area contributed by atoms with Gasteiger partial charge in [-0.25, -0.2) is 0 Å². The number of fused-ring (bicyclic) bond motifs is 6. The van der Waals surface area contributed by atoms with Crippen LogP contribution in [0, 0.1) is 13.8 Å². The van der Waals surface area contributed by atoms with E-state index in [0.717, 1.165) is 35.6 Å². The predicted molar refractivity (Wildman–Crippen MR) is 250 cm³/mol. The molecule has 11 rings (SSSR count). The Morgan fingerprint density at radius 3 is 1.29 bits per heavy atom. The lowest BCUT2D eigenvalue weighted by atomic mass is 9.91. The summed E-state index contributed by atoms with van der Waals surface area (Å²) in [5.41, 5.74) is 12.4. The third-order valence-electron chi connectivity index (χ3n) is 12.4. The second-order valence-electron chi connectivity index (χ2n) is 15.7. The Labute approximate surface area is 339 Å². The number of hydrogen-bond acceptors (Lipinski definition) is 2. The number of aryl methyl sites for hydroxylation is 2. The van der Waals surface area contributed by atoms with E-state index in [2.05, 4.69) is 218 Å². The van der Waals surface area contributed by atoms with Gasteiger partial charge in [0.25, 0.3) is 0 Å². The Bertz CT molecular complexity index is 3190. The van der Waals surface area contributed by atoms with Crippen LogP contribution in [0.4, 0.5) is 34.1 Å². The molecule has 0 N–H and O–H groups in total. The summed E-state index contributed by atoms with van der Waals surface area (Å²) in [4.78, 5) is 4.98. The average Bonchev–Trinajstić information content (AvgIpc) is 3.28. The second-order valence-corrected chi connectivity index (χ2v) is 15.7. The van der Waals surface area contributed by atoms with E-state index in [1.165, 1.54) is 87.5 Å². The van der Waals surface area contributed by atoms with Crippen molar-refractivity contribution < 1.29 is 0 Å². The van der Waals surface area contributed by atoms with Crippen LogP contribution < -0.4 is 9.80 Å². The summed E-state index contributed by atoms with van der Waals surface area (Å²) < 4.78 is 0. The molecule has 0 aliphatic heterocycles. The van der Waals surface area contributed by atoms with Crippen LogP contribution in [0.3, 0.4) is 0 Å². The summed E-state index contributed by atoms with van der Waals surface area (Å²) in [5.74, 6) is 0. The zero-order chi connectivity index (χ0) is 38.7. The maximum atomic E-state index is 2.51. The van der Waals surface area contributed by atoms with E-state index in [0.29, 0.717) is 0 Å². The molecule has 10 aromatic carbocycles. The molecule has 58 heavy (non-hydrogen) atoms. The minimum Gasteiger partial charge on any atom is -0.310 e. The molecule has 0 atom stereocenters. The lowest BCUT2D eigenvalue weighted by Crippen LogP contribution is -2.14. The topological polar surface area (TPSA) is 6.48 Å². The molecule has 1 aliphatic rings. The van der Waals surface area contributed by atoms with Crippen LogP contribution in [-0.4, -0.2) is 0 Å². The number of benzene rings is 10. The first-order chi connectivity index (χ1) is 28.6. The number of rotatable bonds is 6. The van der Waals surface area contributed by atoms with Crippen molar-refractivity contribution in [1.82, 2.24) is 0 Å². The number of nitrogens with zero attached hydrogens (tertiary/aromatic N) is 2. The summed E-state index contributed by atoms with van der Waals surface area (Å²) in [6.07, 6.45) is 6.66. The molecule has 2 nitrogen and oxygen atoms in total. The molecule has 0 unspecified atom stereocenters. The Balaban J connectivity index is 1.15. The monoisotopic (exact) mass is 742 g/mol. The fourth-order valence-corrected chi connectivity index (χ4v) is 9.60. The van der Waals surface area contributed by atoms with Gasteiger partial charge in [-0.1, -0.05) is 146 Å². The van der Waals surface area contributed by atoms with Crippen LogP contribution in [0.5, 0.6) is 0 Å². The molecule has 276 valence electrons. The molecule has 0 spiro atoms. The number of allylic oxidation sites excluding steroid dienone is 1. The molecule has 0 aromatic heterocycles. The molecular weight excluding hydrogens is 701 g/mol. The highest BCUT2D eigenvalue weighted by Crippen LogP contribution is 2.47. The molecule has 0 bridgehead atoms. The highest BCUT2D eigenvalue weighted by atomic mass is 15.2. The molecule has 0 fully saturated rings. The fourth-order valence-electron chi connectivity index (χ4n) is 9.60. The van der Waals surface area contributed by atoms with Crippen LogP contribution in [0.25, 0.3) is 59.9 Å². The van der Waals surface area contributed by atoms with E-state index < -0.39 is 0 Å². The summed E-state index contributed by atoms with van der Waals surface area (Å²) >= 11 is 0. The van der Waals surface area contributed by atoms with E-state index in [4.69, 9.17) is 0 Å². The molecule has 0 heterocycles. The van der Waals surface area contributed by atoms with Crippen molar-refractivity contribution >= 4 is 94.1 Å². The van der Waals surface area contributed by atoms with E-state index >= 15 is 0 Å². The van der Waals surface area contributed by atoms with Crippen LogP contribution >= 0.6 is 0 Å². The van der Waals surface area contributed by atoms with E-state index in [1.54, 1.807) is 0 Å². The molecular formula is C56H42N2. The van der Waals surface area contributed by atoms with Crippen LogP contribution in [0.15, 0.2) is 188 Å². The van der Waals surface area contributed by atoms with Gasteiger partial charge >= 0.3 is 0 Å². The molecule has 0 saturated carbocycles. The largest absolute Gasteiger partial charge is 0.310 e. The Morgan fingerprint density at radius 1 is 0.362 bits per heavy atom. The lowest BCUT2D eigenvalue weighted by Gasteiger charge is -2.31.